The Morgan fingerprint density at radius 3 is 2.28 bits per heavy atom. The van der Waals surface area contributed by atoms with E-state index in [9.17, 15) is 31.5 Å². The Morgan fingerprint density at radius 2 is 1.67 bits per heavy atom. The summed E-state index contributed by atoms with van der Waals surface area (Å²) >= 11 is 11.8. The zero-order chi connectivity index (χ0) is 26.7. The minimum atomic E-state index is -4.81. The van der Waals surface area contributed by atoms with E-state index in [1.54, 1.807) is 0 Å². The predicted molar refractivity (Wildman–Crippen MR) is 129 cm³/mol. The van der Waals surface area contributed by atoms with Crippen LogP contribution in [0.4, 0.5) is 18.9 Å². The second kappa shape index (κ2) is 10.5. The Balaban J connectivity index is 2.04. The van der Waals surface area contributed by atoms with Crippen molar-refractivity contribution < 1.29 is 31.5 Å². The van der Waals surface area contributed by atoms with E-state index in [-0.39, 0.29) is 26.9 Å². The molecule has 3 aromatic carbocycles. The Morgan fingerprint density at radius 1 is 1.00 bits per heavy atom. The van der Waals surface area contributed by atoms with Crippen LogP contribution in [0.25, 0.3) is 0 Å². The first-order chi connectivity index (χ1) is 16.7. The molecule has 0 saturated heterocycles. The lowest BCUT2D eigenvalue weighted by molar-refractivity contribution is -0.138. The minimum absolute atomic E-state index is 0.0124. The molecule has 0 bridgehead atoms. The average molecular weight is 557 g/mol. The second-order valence-electron chi connectivity index (χ2n) is 7.86. The highest BCUT2D eigenvalue weighted by Gasteiger charge is 2.44. The SMILES string of the molecule is N#Cc1ccc(NC(=O)C(O)(CS(=O)(=O)Cc2cccc(Cl)c2)c2cccc(C(F)(F)F)c2)cc1Cl. The number of halogens is 5. The number of carbonyl (C=O) groups excluding carboxylic acids is 1. The largest absolute Gasteiger partial charge is 0.416 e. The summed E-state index contributed by atoms with van der Waals surface area (Å²) in [5.41, 5.74) is -4.34. The van der Waals surface area contributed by atoms with Crippen LogP contribution < -0.4 is 5.32 Å². The number of nitriles is 1. The lowest BCUT2D eigenvalue weighted by Crippen LogP contribution is -2.46. The third-order valence-electron chi connectivity index (χ3n) is 5.09. The summed E-state index contributed by atoms with van der Waals surface area (Å²) in [6.45, 7) is 0. The third kappa shape index (κ3) is 6.56. The zero-order valence-corrected chi connectivity index (χ0v) is 20.5. The van der Waals surface area contributed by atoms with Gasteiger partial charge in [-0.3, -0.25) is 4.79 Å². The highest BCUT2D eigenvalue weighted by molar-refractivity contribution is 7.90. The fraction of sp³-hybridized carbons (Fsp3) is 0.167. The van der Waals surface area contributed by atoms with Gasteiger partial charge in [0.15, 0.2) is 15.4 Å². The number of sulfone groups is 1. The molecule has 6 nitrogen and oxygen atoms in total. The van der Waals surface area contributed by atoms with Crippen LogP contribution in [-0.2, 0) is 32.2 Å². The number of rotatable bonds is 7. The summed E-state index contributed by atoms with van der Waals surface area (Å²) in [4.78, 5) is 13.2. The molecule has 0 fully saturated rings. The standard InChI is InChI=1S/C24H17Cl2F3N2O4S/c25-19-6-1-3-15(9-19)13-36(34,35)14-23(33,17-4-2-5-18(10-17)24(27,28)29)22(32)31-20-8-7-16(12-30)21(26)11-20/h1-11,33H,13-14H2,(H,31,32). The second-order valence-corrected chi connectivity index (χ2v) is 10.8. The molecule has 3 aromatic rings. The molecule has 188 valence electrons. The molecule has 2 N–H and O–H groups in total. The molecule has 0 saturated carbocycles. The van der Waals surface area contributed by atoms with Gasteiger partial charge in [0.1, 0.15) is 6.07 Å². The summed E-state index contributed by atoms with van der Waals surface area (Å²) in [7, 11) is -4.28. The van der Waals surface area contributed by atoms with E-state index >= 15 is 0 Å². The topological polar surface area (TPSA) is 107 Å². The molecule has 0 aliphatic carbocycles. The van der Waals surface area contributed by atoms with Crippen molar-refractivity contribution in [1.82, 2.24) is 0 Å². The first kappa shape index (κ1) is 27.5. The van der Waals surface area contributed by atoms with E-state index in [1.165, 1.54) is 42.5 Å². The van der Waals surface area contributed by atoms with Crippen LogP contribution in [0, 0.1) is 11.3 Å². The fourth-order valence-electron chi connectivity index (χ4n) is 3.40. The van der Waals surface area contributed by atoms with Crippen LogP contribution in [0.3, 0.4) is 0 Å². The maximum absolute atomic E-state index is 13.3. The Kier molecular flexibility index (Phi) is 8.00. The van der Waals surface area contributed by atoms with E-state index in [2.05, 4.69) is 5.32 Å². The van der Waals surface area contributed by atoms with Crippen molar-refractivity contribution in [1.29, 1.82) is 5.26 Å². The van der Waals surface area contributed by atoms with E-state index in [1.807, 2.05) is 6.07 Å². The van der Waals surface area contributed by atoms with Crippen LogP contribution >= 0.6 is 23.2 Å². The molecule has 0 spiro atoms. The lowest BCUT2D eigenvalue weighted by Gasteiger charge is -2.28. The number of nitrogens with zero attached hydrogens (tertiary/aromatic N) is 1. The highest BCUT2D eigenvalue weighted by Crippen LogP contribution is 2.34. The van der Waals surface area contributed by atoms with Crippen molar-refractivity contribution in [2.45, 2.75) is 17.5 Å². The summed E-state index contributed by atoms with van der Waals surface area (Å²) in [5.74, 6) is -3.17. The fourth-order valence-corrected chi connectivity index (χ4v) is 5.56. The van der Waals surface area contributed by atoms with Crippen LogP contribution in [0.5, 0.6) is 0 Å². The normalized spacial score (nSPS) is 13.5. The first-order valence-electron chi connectivity index (χ1n) is 10.1. The van der Waals surface area contributed by atoms with Crippen molar-refractivity contribution in [3.8, 4) is 6.07 Å². The number of hydrogen-bond acceptors (Lipinski definition) is 5. The quantitative estimate of drug-likeness (QED) is 0.409. The molecular formula is C24H17Cl2F3N2O4S. The molecule has 1 atom stereocenters. The van der Waals surface area contributed by atoms with Crippen molar-refractivity contribution >= 4 is 44.6 Å². The number of amides is 1. The maximum atomic E-state index is 13.3. The molecule has 0 aliphatic rings. The predicted octanol–water partition coefficient (Wildman–Crippen LogP) is 5.33. The van der Waals surface area contributed by atoms with Crippen LogP contribution in [0.1, 0.15) is 22.3 Å². The number of alkyl halides is 3. The lowest BCUT2D eigenvalue weighted by atomic mass is 9.93. The van der Waals surface area contributed by atoms with Gasteiger partial charge in [-0.25, -0.2) is 8.42 Å². The Labute approximate surface area is 214 Å². The molecule has 0 heterocycles. The number of anilines is 1. The molecule has 12 heteroatoms. The Bertz CT molecular complexity index is 1460. The summed E-state index contributed by atoms with van der Waals surface area (Å²) in [6, 6.07) is 14.6. The molecular weight excluding hydrogens is 540 g/mol. The number of nitrogens with one attached hydrogen (secondary N) is 1. The van der Waals surface area contributed by atoms with Gasteiger partial charge in [0, 0.05) is 10.7 Å². The van der Waals surface area contributed by atoms with E-state index in [4.69, 9.17) is 28.5 Å². The summed E-state index contributed by atoms with van der Waals surface area (Å²) < 4.78 is 66.0. The first-order valence-corrected chi connectivity index (χ1v) is 12.7. The molecule has 3 rings (SSSR count). The third-order valence-corrected chi connectivity index (χ3v) is 7.27. The van der Waals surface area contributed by atoms with Crippen molar-refractivity contribution in [2.75, 3.05) is 11.1 Å². The molecule has 0 aliphatic heterocycles. The van der Waals surface area contributed by atoms with E-state index in [0.717, 1.165) is 18.2 Å². The van der Waals surface area contributed by atoms with Gasteiger partial charge in [0.25, 0.3) is 5.91 Å². The van der Waals surface area contributed by atoms with Crippen molar-refractivity contribution in [2.24, 2.45) is 0 Å². The van der Waals surface area contributed by atoms with Gasteiger partial charge in [-0.2, -0.15) is 18.4 Å². The maximum Gasteiger partial charge on any atom is 0.416 e. The molecule has 1 unspecified atom stereocenters. The zero-order valence-electron chi connectivity index (χ0n) is 18.2. The minimum Gasteiger partial charge on any atom is -0.374 e. The highest BCUT2D eigenvalue weighted by atomic mass is 35.5. The van der Waals surface area contributed by atoms with E-state index in [0.29, 0.717) is 6.07 Å². The van der Waals surface area contributed by atoms with Crippen LogP contribution in [0.2, 0.25) is 10.0 Å². The van der Waals surface area contributed by atoms with Crippen LogP contribution in [0.15, 0.2) is 66.7 Å². The van der Waals surface area contributed by atoms with Gasteiger partial charge in [-0.05, 0) is 53.6 Å². The molecule has 0 aromatic heterocycles. The number of aliphatic hydroxyl groups is 1. The van der Waals surface area contributed by atoms with Gasteiger partial charge in [0.2, 0.25) is 0 Å². The Hall–Kier alpha value is -3.10. The molecule has 0 radical (unpaired) electrons. The van der Waals surface area contributed by atoms with Gasteiger partial charge in [0.05, 0.1) is 27.7 Å². The summed E-state index contributed by atoms with van der Waals surface area (Å²) in [5, 5.41) is 22.9. The van der Waals surface area contributed by atoms with Gasteiger partial charge in [-0.15, -0.1) is 0 Å². The van der Waals surface area contributed by atoms with Gasteiger partial charge >= 0.3 is 6.18 Å². The summed E-state index contributed by atoms with van der Waals surface area (Å²) in [6.07, 6.45) is -4.81. The van der Waals surface area contributed by atoms with E-state index < -0.39 is 50.2 Å². The monoisotopic (exact) mass is 556 g/mol. The smallest absolute Gasteiger partial charge is 0.374 e. The number of carbonyl (C=O) groups is 1. The van der Waals surface area contributed by atoms with Gasteiger partial charge < -0.3 is 10.4 Å². The van der Waals surface area contributed by atoms with Crippen molar-refractivity contribution in [3.05, 3.63) is 99.0 Å². The van der Waals surface area contributed by atoms with Gasteiger partial charge in [-0.1, -0.05) is 47.5 Å². The molecule has 36 heavy (non-hydrogen) atoms. The van der Waals surface area contributed by atoms with Crippen molar-refractivity contribution in [3.63, 3.8) is 0 Å². The average Bonchev–Trinajstić information content (AvgIpc) is 2.78. The number of benzene rings is 3. The van der Waals surface area contributed by atoms with Crippen LogP contribution in [-0.4, -0.2) is 25.2 Å². The molecule has 1 amide bonds. The number of hydrogen-bond donors (Lipinski definition) is 2.